The van der Waals surface area contributed by atoms with Gasteiger partial charge in [-0.15, -0.1) is 0 Å². The second kappa shape index (κ2) is 7.66. The molecule has 0 heterocycles. The number of hydrogen-bond donors (Lipinski definition) is 0. The van der Waals surface area contributed by atoms with Crippen molar-refractivity contribution >= 4 is 39.9 Å². The molecule has 27 heavy (non-hydrogen) atoms. The minimum atomic E-state index is -1.08. The van der Waals surface area contributed by atoms with Crippen molar-refractivity contribution in [1.29, 1.82) is 0 Å². The molecule has 0 aromatic heterocycles. The minimum absolute atomic E-state index is 0.0421. The van der Waals surface area contributed by atoms with Crippen LogP contribution in [0.15, 0.2) is 36.4 Å². The van der Waals surface area contributed by atoms with Gasteiger partial charge in [-0.05, 0) is 42.5 Å². The third-order valence-electron chi connectivity index (χ3n) is 5.41. The first-order valence-corrected chi connectivity index (χ1v) is 10.8. The van der Waals surface area contributed by atoms with Crippen LogP contribution < -0.4 is 0 Å². The number of halogens is 1. The summed E-state index contributed by atoms with van der Waals surface area (Å²) in [5.41, 5.74) is 3.41. The van der Waals surface area contributed by atoms with Crippen molar-refractivity contribution in [3.05, 3.63) is 69.8 Å². The molecule has 0 saturated heterocycles. The van der Waals surface area contributed by atoms with E-state index < -0.39 is 5.41 Å². The van der Waals surface area contributed by atoms with Gasteiger partial charge in [-0.2, -0.15) is 0 Å². The second-order valence-electron chi connectivity index (χ2n) is 7.23. The van der Waals surface area contributed by atoms with E-state index in [-0.39, 0.29) is 23.8 Å². The van der Waals surface area contributed by atoms with Crippen molar-refractivity contribution in [1.82, 2.24) is 0 Å². The monoisotopic (exact) mass is 474 g/mol. The molecule has 2 aromatic rings. The summed E-state index contributed by atoms with van der Waals surface area (Å²) >= 11 is 2.24. The smallest absolute Gasteiger partial charge is 0.181 e. The first kappa shape index (κ1) is 19.9. The van der Waals surface area contributed by atoms with Gasteiger partial charge < -0.3 is 0 Å². The van der Waals surface area contributed by atoms with Crippen LogP contribution in [0.3, 0.4) is 0 Å². The maximum atomic E-state index is 13.6. The predicted molar refractivity (Wildman–Crippen MR) is 115 cm³/mol. The van der Waals surface area contributed by atoms with E-state index in [4.69, 9.17) is 0 Å². The molecule has 0 spiro atoms. The Kier molecular flexibility index (Phi) is 5.65. The van der Waals surface area contributed by atoms with Gasteiger partial charge >= 0.3 is 0 Å². The molecule has 0 bridgehead atoms. The lowest BCUT2D eigenvalue weighted by atomic mass is 9.81. The van der Waals surface area contributed by atoms with Gasteiger partial charge in [-0.25, -0.2) is 0 Å². The summed E-state index contributed by atoms with van der Waals surface area (Å²) in [6.45, 7) is 5.75. The van der Waals surface area contributed by atoms with Crippen molar-refractivity contribution in [2.24, 2.45) is 0 Å². The summed E-state index contributed by atoms with van der Waals surface area (Å²) in [6, 6.07) is 11.2. The van der Waals surface area contributed by atoms with Gasteiger partial charge in [0.15, 0.2) is 17.3 Å². The molecule has 1 fully saturated rings. The molecule has 3 rings (SSSR count). The summed E-state index contributed by atoms with van der Waals surface area (Å²) in [4.78, 5) is 38.8. The van der Waals surface area contributed by atoms with Crippen LogP contribution in [0.1, 0.15) is 69.2 Å². The van der Waals surface area contributed by atoms with Crippen LogP contribution in [0.2, 0.25) is 0 Å². The quantitative estimate of drug-likeness (QED) is 0.237. The number of aryl methyl sites for hydroxylation is 1. The number of carbonyl (C=O) groups excluding carboxylic acids is 3. The molecule has 0 N–H and O–H groups in total. The van der Waals surface area contributed by atoms with E-state index in [1.54, 1.807) is 0 Å². The fourth-order valence-electron chi connectivity index (χ4n) is 4.00. The Morgan fingerprint density at radius 1 is 1.11 bits per heavy atom. The van der Waals surface area contributed by atoms with Crippen LogP contribution in [-0.2, 0) is 14.6 Å². The van der Waals surface area contributed by atoms with Gasteiger partial charge in [0.2, 0.25) is 0 Å². The van der Waals surface area contributed by atoms with Crippen LogP contribution in [0.4, 0.5) is 0 Å². The Balaban J connectivity index is 2.19. The highest BCUT2D eigenvalue weighted by atomic mass is 127. The molecule has 1 aliphatic rings. The summed E-state index contributed by atoms with van der Waals surface area (Å²) in [7, 11) is 0. The maximum Gasteiger partial charge on any atom is 0.181 e. The van der Waals surface area contributed by atoms with Crippen molar-refractivity contribution in [3.8, 4) is 0 Å². The number of carbonyl (C=O) groups is 3. The molecule has 3 nitrogen and oxygen atoms in total. The number of rotatable bonds is 7. The summed E-state index contributed by atoms with van der Waals surface area (Å²) < 4.78 is 0.655. The third kappa shape index (κ3) is 3.28. The first-order valence-electron chi connectivity index (χ1n) is 9.24. The molecule has 0 aliphatic heterocycles. The Bertz CT molecular complexity index is 930. The highest BCUT2D eigenvalue weighted by Gasteiger charge is 2.61. The van der Waals surface area contributed by atoms with E-state index in [0.29, 0.717) is 22.0 Å². The van der Waals surface area contributed by atoms with E-state index in [1.165, 1.54) is 0 Å². The van der Waals surface area contributed by atoms with Crippen molar-refractivity contribution in [3.63, 3.8) is 0 Å². The fraction of sp³-hybridized carbons (Fsp3) is 0.348. The van der Waals surface area contributed by atoms with Crippen molar-refractivity contribution in [2.45, 2.75) is 49.9 Å². The highest BCUT2D eigenvalue weighted by molar-refractivity contribution is 14.1. The molecule has 0 amide bonds. The molecule has 1 atom stereocenters. The van der Waals surface area contributed by atoms with Gasteiger partial charge in [-0.1, -0.05) is 65.9 Å². The zero-order chi connectivity index (χ0) is 19.8. The lowest BCUT2D eigenvalue weighted by molar-refractivity contribution is -0.111. The number of alkyl halides is 1. The van der Waals surface area contributed by atoms with E-state index in [0.717, 1.165) is 28.7 Å². The molecule has 1 aliphatic carbocycles. The standard InChI is InChI=1S/C23H23IO3/c1-4-8-18(25)20-14(2)11-16(13-24)21(15(20)3)22(27)23(12-19(23)26)17-9-6-5-7-10-17/h5-7,9-11H,4,8,12-13H2,1-3H3/t23-/m1/s1. The van der Waals surface area contributed by atoms with Crippen LogP contribution >= 0.6 is 22.6 Å². The maximum absolute atomic E-state index is 13.6. The first-order chi connectivity index (χ1) is 12.9. The fourth-order valence-corrected chi connectivity index (χ4v) is 4.61. The molecular weight excluding hydrogens is 451 g/mol. The molecule has 4 heteroatoms. The summed E-state index contributed by atoms with van der Waals surface area (Å²) in [5.74, 6) is -0.134. The summed E-state index contributed by atoms with van der Waals surface area (Å²) in [5, 5.41) is 0. The Morgan fingerprint density at radius 2 is 1.74 bits per heavy atom. The Labute approximate surface area is 173 Å². The van der Waals surface area contributed by atoms with Gasteiger partial charge in [0.25, 0.3) is 0 Å². The lowest BCUT2D eigenvalue weighted by Gasteiger charge is -2.20. The van der Waals surface area contributed by atoms with Crippen molar-refractivity contribution < 1.29 is 14.4 Å². The minimum Gasteiger partial charge on any atom is -0.298 e. The zero-order valence-corrected chi connectivity index (χ0v) is 18.1. The molecule has 140 valence electrons. The Morgan fingerprint density at radius 3 is 2.26 bits per heavy atom. The molecule has 2 aromatic carbocycles. The van der Waals surface area contributed by atoms with Crippen LogP contribution in [0.25, 0.3) is 0 Å². The van der Waals surface area contributed by atoms with E-state index >= 15 is 0 Å². The molecule has 0 radical (unpaired) electrons. The average molecular weight is 474 g/mol. The van der Waals surface area contributed by atoms with Crippen LogP contribution in [0, 0.1) is 13.8 Å². The SMILES string of the molecule is CCCC(=O)c1c(C)cc(CI)c(C(=O)[C@@]2(c3ccccc3)CC2=O)c1C. The molecule has 0 unspecified atom stereocenters. The van der Waals surface area contributed by atoms with Gasteiger partial charge in [-0.3, -0.25) is 14.4 Å². The lowest BCUT2D eigenvalue weighted by Crippen LogP contribution is -2.26. The van der Waals surface area contributed by atoms with Crippen LogP contribution in [-0.4, -0.2) is 17.3 Å². The normalized spacial score (nSPS) is 18.4. The van der Waals surface area contributed by atoms with Crippen molar-refractivity contribution in [2.75, 3.05) is 0 Å². The second-order valence-corrected chi connectivity index (χ2v) is 8.00. The third-order valence-corrected chi connectivity index (χ3v) is 6.24. The van der Waals surface area contributed by atoms with E-state index in [1.807, 2.05) is 57.2 Å². The van der Waals surface area contributed by atoms with E-state index in [2.05, 4.69) is 22.6 Å². The molecular formula is C23H23IO3. The molecule has 1 saturated carbocycles. The van der Waals surface area contributed by atoms with Gasteiger partial charge in [0.1, 0.15) is 5.41 Å². The largest absolute Gasteiger partial charge is 0.298 e. The van der Waals surface area contributed by atoms with Crippen LogP contribution in [0.5, 0.6) is 0 Å². The Hall–Kier alpha value is -1.82. The summed E-state index contributed by atoms with van der Waals surface area (Å²) in [6.07, 6.45) is 1.46. The van der Waals surface area contributed by atoms with Gasteiger partial charge in [0, 0.05) is 28.4 Å². The topological polar surface area (TPSA) is 51.2 Å². The number of ketones is 3. The average Bonchev–Trinajstić information content (AvgIpc) is 3.34. The number of benzene rings is 2. The number of Topliss-reactive ketones (excluding diaryl/α,β-unsaturated/α-hetero) is 3. The zero-order valence-electron chi connectivity index (χ0n) is 15.9. The highest BCUT2D eigenvalue weighted by Crippen LogP contribution is 2.48. The predicted octanol–water partition coefficient (Wildman–Crippen LogP) is 5.31. The number of hydrogen-bond acceptors (Lipinski definition) is 3. The van der Waals surface area contributed by atoms with Gasteiger partial charge in [0.05, 0.1) is 0 Å². The van der Waals surface area contributed by atoms with E-state index in [9.17, 15) is 14.4 Å².